The first-order chi connectivity index (χ1) is 14.6. The van der Waals surface area contributed by atoms with E-state index in [1.54, 1.807) is 0 Å². The van der Waals surface area contributed by atoms with Gasteiger partial charge in [-0.15, -0.1) is 0 Å². The Bertz CT molecular complexity index is 144. The zero-order valence-electron chi connectivity index (χ0n) is 20.5. The molecule has 0 amide bonds. The summed E-state index contributed by atoms with van der Waals surface area (Å²) in [6.07, 6.45) is 12.4. The molecular formula is C20H45O5Tl5. The average molecular weight is 1390 g/mol. The molecule has 30 heavy (non-hydrogen) atoms. The first kappa shape index (κ1) is 44.4. The molecule has 0 bridgehead atoms. The van der Waals surface area contributed by atoms with E-state index in [0.29, 0.717) is 0 Å². The van der Waals surface area contributed by atoms with E-state index in [0.717, 1.165) is 164 Å². The van der Waals surface area contributed by atoms with Crippen molar-refractivity contribution in [2.75, 3.05) is 33.0 Å². The van der Waals surface area contributed by atoms with E-state index in [9.17, 15) is 0 Å². The maximum atomic E-state index is 4.95. The summed E-state index contributed by atoms with van der Waals surface area (Å²) in [4.78, 5) is 0. The molecule has 0 saturated carbocycles. The minimum atomic E-state index is 0.738. The Morgan fingerprint density at radius 3 is 0.500 bits per heavy atom. The number of hydrogen-bond donors (Lipinski definition) is 0. The molecule has 0 heterocycles. The predicted molar refractivity (Wildman–Crippen MR) is 133 cm³/mol. The van der Waals surface area contributed by atoms with Crippen LogP contribution in [0.3, 0.4) is 0 Å². The van der Waals surface area contributed by atoms with Gasteiger partial charge in [-0.1, -0.05) is 0 Å². The number of rotatable bonds is 15. The number of hydrogen-bond acceptors (Lipinski definition) is 5. The molecular weight excluding hydrogens is 1340 g/mol. The zero-order chi connectivity index (χ0) is 24.1. The monoisotopic (exact) mass is 1390 g/mol. The summed E-state index contributed by atoms with van der Waals surface area (Å²) < 4.78 is 24.7. The third-order valence-electron chi connectivity index (χ3n) is 3.08. The van der Waals surface area contributed by atoms with Crippen LogP contribution in [0.5, 0.6) is 0 Å². The van der Waals surface area contributed by atoms with Gasteiger partial charge in [-0.3, -0.25) is 0 Å². The molecule has 0 N–H and O–H groups in total. The van der Waals surface area contributed by atoms with Crippen LogP contribution in [0.25, 0.3) is 0 Å². The molecule has 10 heteroatoms. The fraction of sp³-hybridized carbons (Fsp3) is 1.00. The molecule has 0 aliphatic rings. The van der Waals surface area contributed by atoms with Crippen molar-refractivity contribution >= 4 is 131 Å². The van der Waals surface area contributed by atoms with Crippen LogP contribution >= 0.6 is 0 Å². The molecule has 0 spiro atoms. The second-order valence-corrected chi connectivity index (χ2v) is 12.6. The Kier molecular flexibility index (Phi) is 87.2. The van der Waals surface area contributed by atoms with Gasteiger partial charge in [0.2, 0.25) is 0 Å². The van der Waals surface area contributed by atoms with Crippen LogP contribution in [0.15, 0.2) is 0 Å². The van der Waals surface area contributed by atoms with Gasteiger partial charge in [-0.25, -0.2) is 0 Å². The normalized spacial score (nSPS) is 8.67. The Morgan fingerprint density at radius 2 is 0.467 bits per heavy atom. The zero-order valence-corrected chi connectivity index (χ0v) is 43.0. The fourth-order valence-corrected chi connectivity index (χ4v) is 4.38. The molecule has 0 aliphatic heterocycles. The molecule has 5 nitrogen and oxygen atoms in total. The minimum absolute atomic E-state index is 0.738. The van der Waals surface area contributed by atoms with E-state index in [-0.39, 0.29) is 0 Å². The van der Waals surface area contributed by atoms with Crippen LogP contribution < -0.4 is 0 Å². The third-order valence-corrected chi connectivity index (χ3v) is 7.66. The molecule has 0 aromatic carbocycles. The van der Waals surface area contributed by atoms with Gasteiger partial charge in [0.15, 0.2) is 0 Å². The molecule has 0 radical (unpaired) electrons. The molecule has 0 unspecified atom stereocenters. The Labute approximate surface area is 272 Å². The van der Waals surface area contributed by atoms with E-state index < -0.39 is 0 Å². The molecule has 0 aromatic heterocycles. The van der Waals surface area contributed by atoms with Gasteiger partial charge in [-0.2, -0.15) is 0 Å². The van der Waals surface area contributed by atoms with Gasteiger partial charge in [-0.05, 0) is 0 Å². The Hall–Kier alpha value is 4.41. The van der Waals surface area contributed by atoms with Crippen LogP contribution in [0.2, 0.25) is 0 Å². The first-order valence-electron chi connectivity index (χ1n) is 11.2. The van der Waals surface area contributed by atoms with Crippen molar-refractivity contribution < 1.29 is 13.4 Å². The van der Waals surface area contributed by atoms with E-state index in [1.807, 2.05) is 0 Å². The summed E-state index contributed by atoms with van der Waals surface area (Å²) in [5.41, 5.74) is 0. The standard InChI is InChI=1S/5C4H9O.5Tl/c5*1-2-3-4-5;;;;;/h5*2-4H2,1H3;;;;;/q5*-1;5*+1. The first-order valence-corrected chi connectivity index (χ1v) is 20.3. The van der Waals surface area contributed by atoms with Crippen LogP contribution in [0.4, 0.5) is 0 Å². The molecule has 0 aliphatic carbocycles. The second kappa shape index (κ2) is 58.9. The van der Waals surface area contributed by atoms with Gasteiger partial charge in [0.1, 0.15) is 0 Å². The molecule has 0 saturated heterocycles. The van der Waals surface area contributed by atoms with Gasteiger partial charge in [0.25, 0.3) is 0 Å². The van der Waals surface area contributed by atoms with Crippen molar-refractivity contribution in [1.29, 1.82) is 0 Å². The van der Waals surface area contributed by atoms with E-state index >= 15 is 0 Å². The van der Waals surface area contributed by atoms with E-state index in [1.165, 1.54) is 64.2 Å². The van der Waals surface area contributed by atoms with Gasteiger partial charge in [0.05, 0.1) is 0 Å². The van der Waals surface area contributed by atoms with Crippen molar-refractivity contribution in [3.05, 3.63) is 0 Å². The quantitative estimate of drug-likeness (QED) is 0.180. The van der Waals surface area contributed by atoms with Crippen LogP contribution in [-0.2, 0) is 13.4 Å². The topological polar surface area (TPSA) is 46.2 Å². The average Bonchev–Trinajstić information content (AvgIpc) is 2.78. The summed E-state index contributed by atoms with van der Waals surface area (Å²) in [6, 6.07) is 0. The summed E-state index contributed by atoms with van der Waals surface area (Å²) in [5.74, 6) is 0. The fourth-order valence-electron chi connectivity index (χ4n) is 1.14. The summed E-state index contributed by atoms with van der Waals surface area (Å²) in [6.45, 7) is 15.8. The summed E-state index contributed by atoms with van der Waals surface area (Å²) in [7, 11) is 0. The third kappa shape index (κ3) is 84.9. The molecule has 0 fully saturated rings. The van der Waals surface area contributed by atoms with E-state index in [4.69, 9.17) is 13.4 Å². The summed E-state index contributed by atoms with van der Waals surface area (Å²) >= 11 is 3.69. The predicted octanol–water partition coefficient (Wildman–Crippen LogP) is 4.43. The Morgan fingerprint density at radius 1 is 0.333 bits per heavy atom. The van der Waals surface area contributed by atoms with Gasteiger partial charge in [0, 0.05) is 0 Å². The van der Waals surface area contributed by atoms with Crippen molar-refractivity contribution in [2.45, 2.75) is 98.8 Å². The second-order valence-electron chi connectivity index (χ2n) is 6.12. The summed E-state index contributed by atoms with van der Waals surface area (Å²) in [5, 5.41) is 0. The molecule has 0 aromatic rings. The Balaban J connectivity index is -0.0000000868. The van der Waals surface area contributed by atoms with Gasteiger partial charge < -0.3 is 0 Å². The van der Waals surface area contributed by atoms with Crippen molar-refractivity contribution in [1.82, 2.24) is 0 Å². The van der Waals surface area contributed by atoms with Crippen LogP contribution in [0, 0.1) is 0 Å². The van der Waals surface area contributed by atoms with Crippen molar-refractivity contribution in [3.63, 3.8) is 0 Å². The van der Waals surface area contributed by atoms with Crippen LogP contribution in [-0.4, -0.2) is 164 Å². The van der Waals surface area contributed by atoms with Crippen molar-refractivity contribution in [3.8, 4) is 0 Å². The van der Waals surface area contributed by atoms with E-state index in [2.05, 4.69) is 34.6 Å². The maximum absolute atomic E-state index is 4.95. The van der Waals surface area contributed by atoms with Gasteiger partial charge >= 0.3 is 276 Å². The number of unbranched alkanes of at least 4 members (excludes halogenated alkanes) is 5. The molecule has 0 rings (SSSR count). The molecule has 0 atom stereocenters. The van der Waals surface area contributed by atoms with Crippen LogP contribution in [0.1, 0.15) is 98.8 Å². The SMILES string of the molecule is CCCC[O][Tl].CCCC[O][Tl].CCCC[O][Tl].CCCC[O][Tl].CCCC[O][Tl]. The van der Waals surface area contributed by atoms with Crippen molar-refractivity contribution in [2.24, 2.45) is 0 Å². The molecule has 170 valence electrons.